The van der Waals surface area contributed by atoms with Crippen molar-refractivity contribution in [2.24, 2.45) is 0 Å². The minimum atomic E-state index is -1.12. The molecule has 0 saturated carbocycles. The summed E-state index contributed by atoms with van der Waals surface area (Å²) in [5.41, 5.74) is 0.598. The Bertz CT molecular complexity index is 709. The standard InChI is InChI=1S/C28H38O3/c1-4-7-20-28(21-8-5-2,22-9-6-3)31-27(25(29)23-16-12-10-13-17-23)26(30)24-18-14-11-15-19-24/h10-19,27H,4-9,20-22H2,1-3H3. The Kier molecular flexibility index (Phi) is 10.7. The zero-order valence-corrected chi connectivity index (χ0v) is 19.4. The lowest BCUT2D eigenvalue weighted by atomic mass is 9.85. The molecule has 168 valence electrons. The van der Waals surface area contributed by atoms with Gasteiger partial charge in [-0.1, -0.05) is 120 Å². The maximum Gasteiger partial charge on any atom is 0.199 e. The molecule has 2 aromatic rings. The molecule has 0 N–H and O–H groups in total. The lowest BCUT2D eigenvalue weighted by Crippen LogP contribution is -2.44. The lowest BCUT2D eigenvalue weighted by molar-refractivity contribution is -0.0852. The van der Waals surface area contributed by atoms with Gasteiger partial charge in [0.1, 0.15) is 0 Å². The van der Waals surface area contributed by atoms with E-state index in [0.717, 1.165) is 57.8 Å². The van der Waals surface area contributed by atoms with Gasteiger partial charge in [0, 0.05) is 11.1 Å². The lowest BCUT2D eigenvalue weighted by Gasteiger charge is -2.37. The Hall–Kier alpha value is -2.26. The maximum absolute atomic E-state index is 13.5. The predicted octanol–water partition coefficient (Wildman–Crippen LogP) is 7.45. The molecule has 0 aromatic heterocycles. The number of hydrogen-bond acceptors (Lipinski definition) is 3. The first-order chi connectivity index (χ1) is 15.1. The molecule has 3 heteroatoms. The topological polar surface area (TPSA) is 43.4 Å². The van der Waals surface area contributed by atoms with E-state index in [1.807, 2.05) is 36.4 Å². The molecule has 0 heterocycles. The predicted molar refractivity (Wildman–Crippen MR) is 128 cm³/mol. The fraction of sp³-hybridized carbons (Fsp3) is 0.500. The summed E-state index contributed by atoms with van der Waals surface area (Å²) in [6, 6.07) is 18.1. The van der Waals surface area contributed by atoms with Crippen LogP contribution in [0.3, 0.4) is 0 Å². The van der Waals surface area contributed by atoms with Gasteiger partial charge in [0.05, 0.1) is 5.60 Å². The highest BCUT2D eigenvalue weighted by Crippen LogP contribution is 2.34. The Labute approximate surface area is 188 Å². The minimum absolute atomic E-state index is 0.247. The van der Waals surface area contributed by atoms with Crippen LogP contribution >= 0.6 is 0 Å². The molecule has 0 aliphatic carbocycles. The Balaban J connectivity index is 2.44. The van der Waals surface area contributed by atoms with Crippen molar-refractivity contribution in [1.29, 1.82) is 0 Å². The third-order valence-electron chi connectivity index (χ3n) is 5.92. The summed E-state index contributed by atoms with van der Waals surface area (Å²) in [7, 11) is 0. The molecule has 0 unspecified atom stereocenters. The van der Waals surface area contributed by atoms with Gasteiger partial charge in [0.15, 0.2) is 17.7 Å². The van der Waals surface area contributed by atoms with E-state index in [1.165, 1.54) is 0 Å². The van der Waals surface area contributed by atoms with Crippen molar-refractivity contribution in [3.63, 3.8) is 0 Å². The van der Waals surface area contributed by atoms with Crippen LogP contribution in [0.2, 0.25) is 0 Å². The summed E-state index contributed by atoms with van der Waals surface area (Å²) in [6.45, 7) is 6.52. The van der Waals surface area contributed by atoms with Gasteiger partial charge in [-0.25, -0.2) is 0 Å². The molecule has 2 rings (SSSR count). The molecule has 2 aromatic carbocycles. The van der Waals surface area contributed by atoms with Gasteiger partial charge < -0.3 is 4.74 Å². The average molecular weight is 423 g/mol. The second kappa shape index (κ2) is 13.2. The maximum atomic E-state index is 13.5. The molecule has 0 saturated heterocycles. The van der Waals surface area contributed by atoms with Crippen molar-refractivity contribution in [3.05, 3.63) is 71.8 Å². The Morgan fingerprint density at radius 3 is 1.35 bits per heavy atom. The number of carbonyl (C=O) groups excluding carboxylic acids is 2. The number of carbonyl (C=O) groups is 2. The van der Waals surface area contributed by atoms with Crippen LogP contribution in [0.25, 0.3) is 0 Å². The molecule has 0 spiro atoms. The van der Waals surface area contributed by atoms with Gasteiger partial charge in [-0.2, -0.15) is 0 Å². The first kappa shape index (κ1) is 25.0. The molecule has 0 aliphatic heterocycles. The van der Waals surface area contributed by atoms with Gasteiger partial charge in [-0.05, 0) is 19.3 Å². The zero-order chi connectivity index (χ0) is 22.5. The van der Waals surface area contributed by atoms with Crippen molar-refractivity contribution in [2.75, 3.05) is 0 Å². The van der Waals surface area contributed by atoms with E-state index in [9.17, 15) is 9.59 Å². The molecule has 3 nitrogen and oxygen atoms in total. The van der Waals surface area contributed by atoms with Crippen LogP contribution in [-0.2, 0) is 4.74 Å². The average Bonchev–Trinajstić information content (AvgIpc) is 2.83. The normalized spacial score (nSPS) is 11.6. The fourth-order valence-electron chi connectivity index (χ4n) is 4.03. The van der Waals surface area contributed by atoms with E-state index in [0.29, 0.717) is 11.1 Å². The van der Waals surface area contributed by atoms with E-state index in [1.54, 1.807) is 24.3 Å². The summed E-state index contributed by atoms with van der Waals surface area (Å²) in [5.74, 6) is -0.494. The highest BCUT2D eigenvalue weighted by molar-refractivity contribution is 6.18. The van der Waals surface area contributed by atoms with Crippen molar-refractivity contribution in [2.45, 2.75) is 90.3 Å². The largest absolute Gasteiger partial charge is 0.355 e. The van der Waals surface area contributed by atoms with E-state index in [2.05, 4.69) is 20.8 Å². The van der Waals surface area contributed by atoms with Crippen LogP contribution in [0.15, 0.2) is 60.7 Å². The summed E-state index contributed by atoms with van der Waals surface area (Å²) in [4.78, 5) is 27.0. The van der Waals surface area contributed by atoms with Crippen molar-refractivity contribution < 1.29 is 14.3 Å². The number of rotatable bonds is 15. The van der Waals surface area contributed by atoms with Crippen molar-refractivity contribution in [3.8, 4) is 0 Å². The number of unbranched alkanes of at least 4 members (excludes halogenated alkanes) is 3. The number of ether oxygens (including phenoxy) is 1. The molecule has 0 fully saturated rings. The van der Waals surface area contributed by atoms with Gasteiger partial charge >= 0.3 is 0 Å². The first-order valence-electron chi connectivity index (χ1n) is 11.9. The smallest absolute Gasteiger partial charge is 0.199 e. The molecule has 0 atom stereocenters. The minimum Gasteiger partial charge on any atom is -0.355 e. The van der Waals surface area contributed by atoms with Crippen LogP contribution in [0.5, 0.6) is 0 Å². The summed E-state index contributed by atoms with van der Waals surface area (Å²) in [5, 5.41) is 0. The second-order valence-electron chi connectivity index (χ2n) is 8.45. The van der Waals surface area contributed by atoms with E-state index < -0.39 is 11.7 Å². The molecule has 0 radical (unpaired) electrons. The van der Waals surface area contributed by atoms with Crippen LogP contribution in [0.4, 0.5) is 0 Å². The zero-order valence-electron chi connectivity index (χ0n) is 19.4. The van der Waals surface area contributed by atoms with Gasteiger partial charge in [-0.15, -0.1) is 0 Å². The quantitative estimate of drug-likeness (QED) is 0.221. The van der Waals surface area contributed by atoms with Gasteiger partial charge in [-0.3, -0.25) is 9.59 Å². The van der Waals surface area contributed by atoms with Gasteiger partial charge in [0.2, 0.25) is 0 Å². The molecule has 0 amide bonds. The van der Waals surface area contributed by atoms with Crippen LogP contribution in [-0.4, -0.2) is 23.3 Å². The molecular weight excluding hydrogens is 384 g/mol. The van der Waals surface area contributed by atoms with Crippen LogP contribution in [0, 0.1) is 0 Å². The number of benzene rings is 2. The number of ketones is 2. The van der Waals surface area contributed by atoms with E-state index >= 15 is 0 Å². The van der Waals surface area contributed by atoms with Crippen LogP contribution < -0.4 is 0 Å². The molecule has 0 aliphatic rings. The van der Waals surface area contributed by atoms with Crippen molar-refractivity contribution >= 4 is 11.6 Å². The molecule has 31 heavy (non-hydrogen) atoms. The Morgan fingerprint density at radius 2 is 1.03 bits per heavy atom. The monoisotopic (exact) mass is 422 g/mol. The summed E-state index contributed by atoms with van der Waals surface area (Å²) < 4.78 is 6.68. The number of Topliss-reactive ketones (excluding diaryl/α,β-unsaturated/α-hetero) is 2. The third-order valence-corrected chi connectivity index (χ3v) is 5.92. The molecule has 0 bridgehead atoms. The fourth-order valence-corrected chi connectivity index (χ4v) is 4.03. The van der Waals surface area contributed by atoms with E-state index in [-0.39, 0.29) is 11.6 Å². The third kappa shape index (κ3) is 7.43. The van der Waals surface area contributed by atoms with Crippen LogP contribution in [0.1, 0.15) is 99.3 Å². The highest BCUT2D eigenvalue weighted by atomic mass is 16.5. The van der Waals surface area contributed by atoms with Crippen molar-refractivity contribution in [1.82, 2.24) is 0 Å². The second-order valence-corrected chi connectivity index (χ2v) is 8.45. The molecular formula is C28H38O3. The summed E-state index contributed by atoms with van der Waals surface area (Å²) >= 11 is 0. The number of hydrogen-bond donors (Lipinski definition) is 0. The summed E-state index contributed by atoms with van der Waals surface area (Å²) in [6.07, 6.45) is 7.79. The van der Waals surface area contributed by atoms with Gasteiger partial charge in [0.25, 0.3) is 0 Å². The van der Waals surface area contributed by atoms with E-state index in [4.69, 9.17) is 4.74 Å². The Morgan fingerprint density at radius 1 is 0.677 bits per heavy atom. The SMILES string of the molecule is CCCCC(CCCC)(CCCC)OC(C(=O)c1ccccc1)C(=O)c1ccccc1. The first-order valence-corrected chi connectivity index (χ1v) is 11.9. The highest BCUT2D eigenvalue weighted by Gasteiger charge is 2.39.